The van der Waals surface area contributed by atoms with E-state index in [9.17, 15) is 20.0 Å². The van der Waals surface area contributed by atoms with Crippen molar-refractivity contribution in [1.29, 1.82) is 0 Å². The number of carbonyl (C=O) groups excluding carboxylic acids is 2. The van der Waals surface area contributed by atoms with Crippen LogP contribution in [0.5, 0.6) is 0 Å². The summed E-state index contributed by atoms with van der Waals surface area (Å²) in [6.45, 7) is 6.65. The van der Waals surface area contributed by atoms with Gasteiger partial charge in [-0.25, -0.2) is 25.2 Å². The molecular weight excluding hydrogens is 564 g/mol. The average molecular weight is 601 g/mol. The van der Waals surface area contributed by atoms with Crippen LogP contribution >= 0.6 is 0 Å². The molecule has 13 nitrogen and oxygen atoms in total. The van der Waals surface area contributed by atoms with E-state index in [4.69, 9.17) is 4.74 Å². The molecule has 0 fully saturated rings. The fourth-order valence-corrected chi connectivity index (χ4v) is 4.70. The molecule has 0 saturated heterocycles. The van der Waals surface area contributed by atoms with Crippen molar-refractivity contribution >= 4 is 51.4 Å². The van der Waals surface area contributed by atoms with Crippen LogP contribution in [0.4, 0.5) is 16.2 Å². The van der Waals surface area contributed by atoms with Crippen molar-refractivity contribution in [3.63, 3.8) is 0 Å². The number of aliphatic imine (C=N–C) groups is 1. The number of para-hydroxylation sites is 5. The molecule has 1 aromatic heterocycles. The van der Waals surface area contributed by atoms with Crippen molar-refractivity contribution in [3.8, 4) is 0 Å². The van der Waals surface area contributed by atoms with Gasteiger partial charge in [-0.1, -0.05) is 30.3 Å². The zero-order chi connectivity index (χ0) is 31.3. The van der Waals surface area contributed by atoms with Gasteiger partial charge in [0.25, 0.3) is 5.91 Å². The van der Waals surface area contributed by atoms with Crippen LogP contribution in [0.1, 0.15) is 44.0 Å². The summed E-state index contributed by atoms with van der Waals surface area (Å²) >= 11 is 0. The molecule has 44 heavy (non-hydrogen) atoms. The van der Waals surface area contributed by atoms with Crippen LogP contribution < -0.4 is 21.0 Å². The maximum absolute atomic E-state index is 13.1. The van der Waals surface area contributed by atoms with Gasteiger partial charge in [-0.2, -0.15) is 10.2 Å². The van der Waals surface area contributed by atoms with Gasteiger partial charge >= 0.3 is 6.09 Å². The first-order chi connectivity index (χ1) is 21.1. The third-order valence-corrected chi connectivity index (χ3v) is 6.75. The Morgan fingerprint density at radius 2 is 1.57 bits per heavy atom. The van der Waals surface area contributed by atoms with Gasteiger partial charge in [0.05, 0.1) is 22.1 Å². The zero-order valence-electron chi connectivity index (χ0n) is 24.9. The number of aromatic nitrogens is 2. The highest BCUT2D eigenvalue weighted by Gasteiger charge is 2.26. The summed E-state index contributed by atoms with van der Waals surface area (Å²) in [4.78, 5) is 41.3. The van der Waals surface area contributed by atoms with E-state index in [-0.39, 0.29) is 18.4 Å². The Labute approximate surface area is 254 Å². The minimum absolute atomic E-state index is 0.0452. The van der Waals surface area contributed by atoms with E-state index in [1.54, 1.807) is 62.1 Å². The maximum Gasteiger partial charge on any atom is 0.410 e. The molecule has 0 aliphatic carbocycles. The third-order valence-electron chi connectivity index (χ3n) is 6.75. The normalized spacial score (nSPS) is 14.0. The first-order valence-electron chi connectivity index (χ1n) is 14.4. The highest BCUT2D eigenvalue weighted by molar-refractivity contribution is 6.06. The number of anilines is 2. The topological polar surface area (TPSA) is 156 Å². The molecule has 2 amide bonds. The summed E-state index contributed by atoms with van der Waals surface area (Å²) in [6.07, 6.45) is 0.476. The van der Waals surface area contributed by atoms with Gasteiger partial charge in [0, 0.05) is 26.2 Å². The van der Waals surface area contributed by atoms with E-state index in [2.05, 4.69) is 25.7 Å². The van der Waals surface area contributed by atoms with E-state index in [1.807, 2.05) is 30.3 Å². The van der Waals surface area contributed by atoms with Gasteiger partial charge in [-0.3, -0.25) is 15.2 Å². The Bertz CT molecular complexity index is 1690. The van der Waals surface area contributed by atoms with E-state index in [0.29, 0.717) is 66.0 Å². The van der Waals surface area contributed by atoms with Gasteiger partial charge in [0.15, 0.2) is 0 Å². The number of benzene rings is 3. The monoisotopic (exact) mass is 600 g/mol. The van der Waals surface area contributed by atoms with Gasteiger partial charge in [0.1, 0.15) is 22.5 Å². The van der Waals surface area contributed by atoms with Crippen molar-refractivity contribution in [2.45, 2.75) is 39.2 Å². The summed E-state index contributed by atoms with van der Waals surface area (Å²) < 4.78 is 5.60. The van der Waals surface area contributed by atoms with E-state index in [0.717, 1.165) is 15.8 Å². The first kappa shape index (κ1) is 30.4. The van der Waals surface area contributed by atoms with Crippen LogP contribution in [-0.4, -0.2) is 75.0 Å². The number of nitrogens with one attached hydrogen (secondary N) is 2. The number of carbonyl (C=O) groups is 2. The lowest BCUT2D eigenvalue weighted by atomic mass is 10.1. The van der Waals surface area contributed by atoms with Crippen LogP contribution in [0.15, 0.2) is 71.7 Å². The SMILES string of the molecule is CC(C)(C)OC(=O)N(CCCN=C1NN(O)c2ccccc2N1O)CCCNC(=O)c1cccc2nc3ccccc3nc12. The summed E-state index contributed by atoms with van der Waals surface area (Å²) in [5, 5.41) is 25.3. The highest BCUT2D eigenvalue weighted by atomic mass is 16.6. The number of hydroxylamine groups is 1. The molecule has 1 aliphatic rings. The van der Waals surface area contributed by atoms with Crippen LogP contribution in [0.25, 0.3) is 22.1 Å². The number of fused-ring (bicyclic) bond motifs is 3. The number of hydrogen-bond acceptors (Lipinski definition) is 9. The molecule has 5 rings (SSSR count). The Hall–Kier alpha value is -5.01. The highest BCUT2D eigenvalue weighted by Crippen LogP contribution is 2.29. The predicted octanol–water partition coefficient (Wildman–Crippen LogP) is 4.50. The average Bonchev–Trinajstić information content (AvgIpc) is 3.00. The molecule has 4 N–H and O–H groups in total. The lowest BCUT2D eigenvalue weighted by Crippen LogP contribution is -2.52. The van der Waals surface area contributed by atoms with E-state index in [1.165, 1.54) is 0 Å². The fourth-order valence-electron chi connectivity index (χ4n) is 4.70. The Balaban J connectivity index is 1.17. The van der Waals surface area contributed by atoms with Crippen molar-refractivity contribution < 1.29 is 24.7 Å². The summed E-state index contributed by atoms with van der Waals surface area (Å²) in [6, 6.07) is 19.6. The van der Waals surface area contributed by atoms with Gasteiger partial charge in [-0.05, 0) is 70.0 Å². The standard InChI is InChI=1S/C31H36N8O5/c1-31(2,3)44-30(41)37(20-10-18-33-29-36-39(43)26-16-7-6-15-25(26)38(29)42)19-9-17-32-28(40)21-11-8-14-24-27(21)35-23-13-5-4-12-22(23)34-24/h4-8,11-16,42-43H,9-10,17-20H2,1-3H3,(H,32,40)(H,33,36). The molecule has 0 spiro atoms. The number of guanidine groups is 1. The first-order valence-corrected chi connectivity index (χ1v) is 14.4. The van der Waals surface area contributed by atoms with Crippen molar-refractivity contribution in [1.82, 2.24) is 25.6 Å². The Morgan fingerprint density at radius 1 is 0.909 bits per heavy atom. The second-order valence-corrected chi connectivity index (χ2v) is 11.2. The molecule has 0 unspecified atom stereocenters. The van der Waals surface area contributed by atoms with E-state index < -0.39 is 11.7 Å². The molecule has 2 heterocycles. The van der Waals surface area contributed by atoms with Crippen LogP contribution in [-0.2, 0) is 4.74 Å². The number of ether oxygens (including phenoxy) is 1. The number of rotatable bonds is 9. The molecule has 13 heteroatoms. The molecule has 0 saturated carbocycles. The summed E-state index contributed by atoms with van der Waals surface area (Å²) in [5.41, 5.74) is 5.75. The van der Waals surface area contributed by atoms with Crippen molar-refractivity contribution in [2.75, 3.05) is 36.4 Å². The van der Waals surface area contributed by atoms with Crippen LogP contribution in [0, 0.1) is 0 Å². The molecule has 1 aliphatic heterocycles. The number of hydrazine groups is 1. The fraction of sp³-hybridized carbons (Fsp3) is 0.323. The molecule has 0 radical (unpaired) electrons. The van der Waals surface area contributed by atoms with Crippen LogP contribution in [0.2, 0.25) is 0 Å². The second kappa shape index (κ2) is 13.1. The van der Waals surface area contributed by atoms with Crippen LogP contribution in [0.3, 0.4) is 0 Å². The number of hydrogen-bond donors (Lipinski definition) is 4. The van der Waals surface area contributed by atoms with Gasteiger partial charge in [-0.15, -0.1) is 0 Å². The second-order valence-electron chi connectivity index (χ2n) is 11.2. The maximum atomic E-state index is 13.1. The molecule has 3 aromatic carbocycles. The van der Waals surface area contributed by atoms with Crippen molar-refractivity contribution in [2.24, 2.45) is 4.99 Å². The van der Waals surface area contributed by atoms with Gasteiger partial charge < -0.3 is 15.0 Å². The minimum atomic E-state index is -0.676. The number of amides is 2. The van der Waals surface area contributed by atoms with E-state index >= 15 is 0 Å². The quantitative estimate of drug-likeness (QED) is 0.159. The summed E-state index contributed by atoms with van der Waals surface area (Å²) in [5.74, 6) is -0.225. The lowest BCUT2D eigenvalue weighted by Gasteiger charge is -2.32. The zero-order valence-corrected chi connectivity index (χ0v) is 24.9. The Morgan fingerprint density at radius 3 is 2.32 bits per heavy atom. The summed E-state index contributed by atoms with van der Waals surface area (Å²) in [7, 11) is 0. The largest absolute Gasteiger partial charge is 0.444 e. The molecule has 4 aromatic rings. The smallest absolute Gasteiger partial charge is 0.410 e. The third kappa shape index (κ3) is 7.13. The molecule has 230 valence electrons. The predicted molar refractivity (Wildman–Crippen MR) is 167 cm³/mol. The number of nitrogens with zero attached hydrogens (tertiary/aromatic N) is 6. The van der Waals surface area contributed by atoms with Gasteiger partial charge in [0.2, 0.25) is 5.96 Å². The minimum Gasteiger partial charge on any atom is -0.444 e. The molecule has 0 atom stereocenters. The lowest BCUT2D eigenvalue weighted by molar-refractivity contribution is 0.0247. The molecule has 0 bridgehead atoms. The van der Waals surface area contributed by atoms with Crippen molar-refractivity contribution in [3.05, 3.63) is 72.3 Å². The molecular formula is C31H36N8O5. The Kier molecular flexibility index (Phi) is 9.07.